The van der Waals surface area contributed by atoms with Gasteiger partial charge in [0.25, 0.3) is 0 Å². The van der Waals surface area contributed by atoms with Crippen molar-refractivity contribution < 1.29 is 19.4 Å². The fourth-order valence-corrected chi connectivity index (χ4v) is 4.15. The van der Waals surface area contributed by atoms with Gasteiger partial charge in [0.05, 0.1) is 0 Å². The highest BCUT2D eigenvalue weighted by Gasteiger charge is 2.36. The maximum absolute atomic E-state index is 12.8. The average Bonchev–Trinajstić information content (AvgIpc) is 2.96. The Balaban J connectivity index is 1.60. The Bertz CT molecular complexity index is 642. The normalized spacial score (nSPS) is 21.6. The smallest absolute Gasteiger partial charge is 0.341 e. The number of hydrogen-bond donors (Lipinski definition) is 1. The van der Waals surface area contributed by atoms with E-state index in [1.54, 1.807) is 12.1 Å². The lowest BCUT2D eigenvalue weighted by Gasteiger charge is -2.31. The van der Waals surface area contributed by atoms with Crippen molar-refractivity contribution in [3.63, 3.8) is 0 Å². The summed E-state index contributed by atoms with van der Waals surface area (Å²) in [5.74, 6) is -0.350. The average molecular weight is 366 g/mol. The topological polar surface area (TPSA) is 66.8 Å². The van der Waals surface area contributed by atoms with E-state index in [1.165, 1.54) is 19.3 Å². The van der Waals surface area contributed by atoms with Gasteiger partial charge in [-0.25, -0.2) is 4.79 Å². The van der Waals surface area contributed by atoms with E-state index in [9.17, 15) is 9.59 Å². The van der Waals surface area contributed by atoms with Gasteiger partial charge in [-0.1, -0.05) is 36.9 Å². The van der Waals surface area contributed by atoms with Gasteiger partial charge in [-0.2, -0.15) is 0 Å². The number of carbonyl (C=O) groups excluding carboxylic acids is 1. The van der Waals surface area contributed by atoms with Crippen LogP contribution in [0.2, 0.25) is 5.02 Å². The lowest BCUT2D eigenvalue weighted by atomic mass is 9.94. The second kappa shape index (κ2) is 8.09. The van der Waals surface area contributed by atoms with E-state index in [0.29, 0.717) is 23.2 Å². The molecule has 1 aromatic carbocycles. The summed E-state index contributed by atoms with van der Waals surface area (Å²) in [5, 5.41) is 9.17. The first-order valence-electron chi connectivity index (χ1n) is 8.98. The molecule has 1 saturated carbocycles. The van der Waals surface area contributed by atoms with Crippen LogP contribution in [0.25, 0.3) is 0 Å². The van der Waals surface area contributed by atoms with E-state index in [0.717, 1.165) is 31.4 Å². The van der Waals surface area contributed by atoms with Crippen molar-refractivity contribution in [2.24, 2.45) is 5.92 Å². The zero-order valence-electron chi connectivity index (χ0n) is 14.2. The number of likely N-dealkylation sites (tertiary alicyclic amines) is 1. The van der Waals surface area contributed by atoms with Gasteiger partial charge in [0.2, 0.25) is 5.91 Å². The lowest BCUT2D eigenvalue weighted by molar-refractivity contribution is -0.139. The fourth-order valence-electron chi connectivity index (χ4n) is 3.90. The van der Waals surface area contributed by atoms with Crippen LogP contribution in [-0.4, -0.2) is 41.1 Å². The number of carbonyl (C=O) groups is 2. The van der Waals surface area contributed by atoms with Gasteiger partial charge >= 0.3 is 5.97 Å². The van der Waals surface area contributed by atoms with Crippen LogP contribution in [0, 0.1) is 5.92 Å². The molecule has 1 unspecified atom stereocenters. The Labute approximate surface area is 152 Å². The predicted octanol–water partition coefficient (Wildman–Crippen LogP) is 3.53. The molecule has 25 heavy (non-hydrogen) atoms. The molecule has 1 atom stereocenters. The first-order chi connectivity index (χ1) is 12.0. The van der Waals surface area contributed by atoms with Crippen molar-refractivity contribution in [1.29, 1.82) is 0 Å². The largest absolute Gasteiger partial charge is 0.482 e. The number of ether oxygens (including phenoxy) is 1. The van der Waals surface area contributed by atoms with E-state index in [-0.39, 0.29) is 11.8 Å². The van der Waals surface area contributed by atoms with Crippen molar-refractivity contribution in [1.82, 2.24) is 4.90 Å². The molecule has 3 rings (SSSR count). The zero-order valence-corrected chi connectivity index (χ0v) is 15.0. The van der Waals surface area contributed by atoms with Crippen molar-refractivity contribution in [2.45, 2.75) is 51.0 Å². The molecule has 1 N–H and O–H groups in total. The number of halogens is 1. The van der Waals surface area contributed by atoms with Gasteiger partial charge in [0.1, 0.15) is 5.75 Å². The van der Waals surface area contributed by atoms with Gasteiger partial charge in [0.15, 0.2) is 6.61 Å². The molecule has 1 saturated heterocycles. The number of amides is 1. The molecule has 136 valence electrons. The van der Waals surface area contributed by atoms with Gasteiger partial charge in [-0.15, -0.1) is 0 Å². The molecule has 2 fully saturated rings. The molecular weight excluding hydrogens is 342 g/mol. The molecule has 1 amide bonds. The van der Waals surface area contributed by atoms with Crippen LogP contribution < -0.4 is 4.74 Å². The van der Waals surface area contributed by atoms with Gasteiger partial charge < -0.3 is 14.7 Å². The minimum absolute atomic E-state index is 0.00906. The Morgan fingerprint density at radius 1 is 1.24 bits per heavy atom. The second-order valence-electron chi connectivity index (χ2n) is 6.95. The molecule has 0 aromatic heterocycles. The number of carboxylic acids is 1. The molecule has 1 aromatic rings. The van der Waals surface area contributed by atoms with Crippen LogP contribution in [0.5, 0.6) is 5.75 Å². The molecule has 6 heteroatoms. The predicted molar refractivity (Wildman–Crippen MR) is 95.0 cm³/mol. The monoisotopic (exact) mass is 365 g/mol. The summed E-state index contributed by atoms with van der Waals surface area (Å²) in [6.07, 6.45) is 7.51. The number of rotatable bonds is 6. The first-order valence-corrected chi connectivity index (χ1v) is 9.36. The van der Waals surface area contributed by atoms with Crippen molar-refractivity contribution in [3.8, 4) is 5.75 Å². The van der Waals surface area contributed by atoms with Crippen molar-refractivity contribution >= 4 is 23.5 Å². The second-order valence-corrected chi connectivity index (χ2v) is 7.36. The molecular formula is C19H24ClNO4. The summed E-state index contributed by atoms with van der Waals surface area (Å²) in [5.41, 5.74) is 0.910. The molecule has 1 aliphatic carbocycles. The van der Waals surface area contributed by atoms with Crippen molar-refractivity contribution in [2.75, 3.05) is 13.2 Å². The summed E-state index contributed by atoms with van der Waals surface area (Å²) in [7, 11) is 0. The minimum Gasteiger partial charge on any atom is -0.482 e. The Morgan fingerprint density at radius 3 is 2.68 bits per heavy atom. The van der Waals surface area contributed by atoms with Crippen LogP contribution in [-0.2, 0) is 16.0 Å². The molecule has 2 aliphatic rings. The highest BCUT2D eigenvalue weighted by atomic mass is 35.5. The maximum Gasteiger partial charge on any atom is 0.341 e. The van der Waals surface area contributed by atoms with E-state index in [2.05, 4.69) is 4.90 Å². The van der Waals surface area contributed by atoms with Crippen LogP contribution in [0.15, 0.2) is 18.2 Å². The third kappa shape index (κ3) is 4.46. The summed E-state index contributed by atoms with van der Waals surface area (Å²) < 4.78 is 5.13. The molecule has 5 nitrogen and oxygen atoms in total. The summed E-state index contributed by atoms with van der Waals surface area (Å²) >= 11 is 6.30. The van der Waals surface area contributed by atoms with Crippen LogP contribution in [0.1, 0.15) is 44.1 Å². The summed E-state index contributed by atoms with van der Waals surface area (Å²) in [6.45, 7) is 0.457. The third-order valence-corrected chi connectivity index (χ3v) is 5.57. The van der Waals surface area contributed by atoms with Crippen molar-refractivity contribution in [3.05, 3.63) is 28.8 Å². The highest BCUT2D eigenvalue weighted by Crippen LogP contribution is 2.32. The summed E-state index contributed by atoms with van der Waals surface area (Å²) in [4.78, 5) is 25.4. The molecule has 1 aliphatic heterocycles. The fraction of sp³-hybridized carbons (Fsp3) is 0.579. The Kier molecular flexibility index (Phi) is 5.84. The van der Waals surface area contributed by atoms with Crippen LogP contribution >= 0.6 is 11.6 Å². The van der Waals surface area contributed by atoms with Crippen LogP contribution in [0.4, 0.5) is 0 Å². The van der Waals surface area contributed by atoms with E-state index in [1.807, 2.05) is 6.07 Å². The van der Waals surface area contributed by atoms with Gasteiger partial charge in [-0.3, -0.25) is 4.79 Å². The van der Waals surface area contributed by atoms with Gasteiger partial charge in [-0.05, 0) is 43.4 Å². The Hall–Kier alpha value is -1.75. The standard InChI is InChI=1S/C19H24ClNO4/c20-17-11-16(25-12-18(22)23)7-6-13(17)10-14-8-9-21(19(14)24)15-4-2-1-3-5-15/h6-7,11,14-15H,1-5,8-10,12H2,(H,22,23). The molecule has 0 radical (unpaired) electrons. The van der Waals surface area contributed by atoms with E-state index >= 15 is 0 Å². The lowest BCUT2D eigenvalue weighted by Crippen LogP contribution is -2.39. The van der Waals surface area contributed by atoms with Gasteiger partial charge in [0, 0.05) is 23.5 Å². The summed E-state index contributed by atoms with van der Waals surface area (Å²) in [6, 6.07) is 5.59. The quantitative estimate of drug-likeness (QED) is 0.837. The van der Waals surface area contributed by atoms with E-state index in [4.69, 9.17) is 21.4 Å². The maximum atomic E-state index is 12.8. The number of nitrogens with zero attached hydrogens (tertiary/aromatic N) is 1. The first kappa shape index (κ1) is 18.1. The number of carboxylic acid groups (broad SMARTS) is 1. The highest BCUT2D eigenvalue weighted by molar-refractivity contribution is 6.31. The zero-order chi connectivity index (χ0) is 17.8. The molecule has 0 spiro atoms. The number of aliphatic carboxylic acids is 1. The van der Waals surface area contributed by atoms with E-state index < -0.39 is 12.6 Å². The SMILES string of the molecule is O=C(O)COc1ccc(CC2CCN(C3CCCCC3)C2=O)c(Cl)c1. The minimum atomic E-state index is -1.03. The molecule has 0 bridgehead atoms. The number of hydrogen-bond acceptors (Lipinski definition) is 3. The third-order valence-electron chi connectivity index (χ3n) is 5.22. The molecule has 1 heterocycles. The number of benzene rings is 1. The van der Waals surface area contributed by atoms with Crippen LogP contribution in [0.3, 0.4) is 0 Å². The Morgan fingerprint density at radius 2 is 2.00 bits per heavy atom.